The summed E-state index contributed by atoms with van der Waals surface area (Å²) in [5.74, 6) is 1.03. The second-order valence-corrected chi connectivity index (χ2v) is 15.7. The quantitative estimate of drug-likeness (QED) is 0.249. The van der Waals surface area contributed by atoms with Crippen LogP contribution in [0.3, 0.4) is 0 Å². The molecule has 1 aliphatic carbocycles. The molecule has 0 aliphatic heterocycles. The first-order valence-electron chi connectivity index (χ1n) is 13.5. The summed E-state index contributed by atoms with van der Waals surface area (Å²) >= 11 is 0. The van der Waals surface area contributed by atoms with Crippen LogP contribution in [0.25, 0.3) is 0 Å². The minimum absolute atomic E-state index is 0.387. The van der Waals surface area contributed by atoms with Crippen LogP contribution in [0.1, 0.15) is 42.9 Å². The number of rotatable bonds is 7. The summed E-state index contributed by atoms with van der Waals surface area (Å²) in [6.45, 7) is 9.04. The van der Waals surface area contributed by atoms with E-state index in [0.29, 0.717) is 23.0 Å². The number of phenolic OH excluding ortho intramolecular Hbond substituents is 1. The van der Waals surface area contributed by atoms with E-state index in [9.17, 15) is 5.11 Å². The van der Waals surface area contributed by atoms with Gasteiger partial charge in [-0.15, -0.1) is 0 Å². The molecule has 0 heterocycles. The molecule has 37 heavy (non-hydrogen) atoms. The molecule has 0 amide bonds. The van der Waals surface area contributed by atoms with Crippen LogP contribution in [0.15, 0.2) is 97.1 Å². The van der Waals surface area contributed by atoms with E-state index in [2.05, 4.69) is 113 Å². The molecule has 1 nitrogen and oxygen atoms in total. The Hall–Kier alpha value is -2.46. The third kappa shape index (κ3) is 5.85. The summed E-state index contributed by atoms with van der Waals surface area (Å²) in [7, 11) is -1.08. The van der Waals surface area contributed by atoms with E-state index in [0.717, 1.165) is 5.56 Å². The smallest absolute Gasteiger partial charge is 0.116 e. The predicted octanol–water partition coefficient (Wildman–Crippen LogP) is 7.44. The number of aromatic hydroxyl groups is 1. The van der Waals surface area contributed by atoms with Crippen LogP contribution in [-0.2, 0) is 0 Å². The van der Waals surface area contributed by atoms with Crippen molar-refractivity contribution in [1.29, 1.82) is 0 Å². The average Bonchev–Trinajstić information content (AvgIpc) is 3.34. The number of phenols is 1. The van der Waals surface area contributed by atoms with E-state index in [-0.39, 0.29) is 0 Å². The van der Waals surface area contributed by atoms with Gasteiger partial charge in [-0.25, -0.2) is 0 Å². The van der Waals surface area contributed by atoms with Gasteiger partial charge in [0.25, 0.3) is 0 Å². The Morgan fingerprint density at radius 1 is 0.649 bits per heavy atom. The Kier molecular flexibility index (Phi) is 8.14. The maximum Gasteiger partial charge on any atom is 0.116 e. The van der Waals surface area contributed by atoms with Crippen LogP contribution in [0.4, 0.5) is 0 Å². The number of benzene rings is 4. The Bertz CT molecular complexity index is 1200. The highest BCUT2D eigenvalue weighted by Gasteiger charge is 2.41. The van der Waals surface area contributed by atoms with Crippen LogP contribution < -0.4 is 21.2 Å². The molecule has 0 radical (unpaired) electrons. The highest BCUT2D eigenvalue weighted by atomic mass is 31.1. The van der Waals surface area contributed by atoms with Crippen molar-refractivity contribution in [3.63, 3.8) is 0 Å². The van der Waals surface area contributed by atoms with Crippen molar-refractivity contribution in [2.45, 2.75) is 58.3 Å². The molecule has 4 aromatic rings. The van der Waals surface area contributed by atoms with Gasteiger partial charge in [-0.05, 0) is 106 Å². The van der Waals surface area contributed by atoms with Gasteiger partial charge in [0.1, 0.15) is 5.75 Å². The highest BCUT2D eigenvalue weighted by Crippen LogP contribution is 2.56. The summed E-state index contributed by atoms with van der Waals surface area (Å²) in [5.41, 5.74) is 4.96. The first-order chi connectivity index (χ1) is 17.9. The van der Waals surface area contributed by atoms with E-state index >= 15 is 0 Å². The first-order valence-corrected chi connectivity index (χ1v) is 16.3. The van der Waals surface area contributed by atoms with E-state index in [1.54, 1.807) is 0 Å². The number of aryl methyl sites for hydroxylation is 3. The fraction of sp³-hybridized carbons (Fsp3) is 0.294. The van der Waals surface area contributed by atoms with E-state index in [4.69, 9.17) is 0 Å². The normalized spacial score (nSPS) is 19.2. The van der Waals surface area contributed by atoms with Crippen molar-refractivity contribution in [1.82, 2.24) is 0 Å². The summed E-state index contributed by atoms with van der Waals surface area (Å²) in [5, 5.41) is 16.3. The molecule has 3 heteroatoms. The lowest BCUT2D eigenvalue weighted by Crippen LogP contribution is -2.33. The van der Waals surface area contributed by atoms with E-state index in [1.165, 1.54) is 51.6 Å². The topological polar surface area (TPSA) is 20.2 Å². The van der Waals surface area contributed by atoms with Crippen LogP contribution in [0, 0.1) is 26.7 Å². The highest BCUT2D eigenvalue weighted by molar-refractivity contribution is 7.74. The van der Waals surface area contributed by atoms with Crippen molar-refractivity contribution in [3.05, 3.63) is 114 Å². The summed E-state index contributed by atoms with van der Waals surface area (Å²) in [4.78, 5) is 0. The Morgan fingerprint density at radius 2 is 1.16 bits per heavy atom. The molecule has 1 aliphatic rings. The lowest BCUT2D eigenvalue weighted by atomic mass is 10.0. The lowest BCUT2D eigenvalue weighted by molar-refractivity contribution is 0.475. The van der Waals surface area contributed by atoms with E-state index < -0.39 is 15.8 Å². The van der Waals surface area contributed by atoms with Crippen molar-refractivity contribution >= 4 is 37.1 Å². The number of hydrogen-bond acceptors (Lipinski definition) is 1. The van der Waals surface area contributed by atoms with Gasteiger partial charge < -0.3 is 5.11 Å². The van der Waals surface area contributed by atoms with Gasteiger partial charge >= 0.3 is 0 Å². The summed E-state index contributed by atoms with van der Waals surface area (Å²) < 4.78 is 0. The molecule has 3 unspecified atom stereocenters. The predicted molar refractivity (Wildman–Crippen MR) is 165 cm³/mol. The van der Waals surface area contributed by atoms with E-state index in [1.807, 2.05) is 12.1 Å². The Morgan fingerprint density at radius 3 is 1.70 bits per heavy atom. The van der Waals surface area contributed by atoms with Crippen molar-refractivity contribution in [3.8, 4) is 5.75 Å². The van der Waals surface area contributed by atoms with Crippen LogP contribution in [-0.4, -0.2) is 16.4 Å². The molecule has 0 saturated heterocycles. The monoisotopic (exact) mass is 524 g/mol. The fourth-order valence-corrected chi connectivity index (χ4v) is 13.0. The first kappa shape index (κ1) is 26.2. The molecular weight excluding hydrogens is 486 g/mol. The molecule has 1 saturated carbocycles. The largest absolute Gasteiger partial charge is 0.508 e. The SMILES string of the molecule is Cc1cc(C)cc(P(c2cc(C)cc(O)c2)[C@H](C)C2CCCC2P(c2ccccc2)c2ccccc2)c1. The van der Waals surface area contributed by atoms with Gasteiger partial charge in [0.05, 0.1) is 0 Å². The molecule has 4 aromatic carbocycles. The van der Waals surface area contributed by atoms with Crippen molar-refractivity contribution in [2.24, 2.45) is 5.92 Å². The van der Waals surface area contributed by atoms with Gasteiger partial charge in [0.2, 0.25) is 0 Å². The Balaban J connectivity index is 1.60. The molecule has 1 fully saturated rings. The third-order valence-electron chi connectivity index (χ3n) is 7.77. The van der Waals surface area contributed by atoms with Gasteiger partial charge in [0, 0.05) is 0 Å². The maximum absolute atomic E-state index is 10.6. The molecule has 1 N–H and O–H groups in total. The lowest BCUT2D eigenvalue weighted by Gasteiger charge is -2.37. The minimum atomic E-state index is -0.627. The van der Waals surface area contributed by atoms with Crippen molar-refractivity contribution in [2.75, 3.05) is 0 Å². The van der Waals surface area contributed by atoms with Crippen LogP contribution in [0.5, 0.6) is 5.75 Å². The van der Waals surface area contributed by atoms with Gasteiger partial charge in [-0.2, -0.15) is 0 Å². The second-order valence-electron chi connectivity index (χ2n) is 10.7. The third-order valence-corrected chi connectivity index (χ3v) is 13.6. The Labute approximate surface area is 225 Å². The van der Waals surface area contributed by atoms with Gasteiger partial charge in [-0.1, -0.05) is 109 Å². The average molecular weight is 525 g/mol. The zero-order valence-electron chi connectivity index (χ0n) is 22.4. The van der Waals surface area contributed by atoms with Crippen LogP contribution >= 0.6 is 15.8 Å². The van der Waals surface area contributed by atoms with Gasteiger partial charge in [-0.3, -0.25) is 0 Å². The van der Waals surface area contributed by atoms with Gasteiger partial charge in [0.15, 0.2) is 0 Å². The molecular formula is C34H38OP2. The zero-order valence-corrected chi connectivity index (χ0v) is 24.2. The molecule has 190 valence electrons. The standard InChI is InChI=1S/C34H38OP2/c1-24-18-25(2)21-31(20-24)36(32-22-26(3)19-28(35)23-32)27(4)33-16-11-17-34(33)37(29-12-7-5-8-13-29)30-14-9-6-10-15-30/h5-10,12-15,18-23,27,33-35H,11,16-17H2,1-4H3/t27-,33?,34?,36?/m1/s1. The van der Waals surface area contributed by atoms with Crippen LogP contribution in [0.2, 0.25) is 0 Å². The molecule has 0 spiro atoms. The molecule has 0 aromatic heterocycles. The second kappa shape index (κ2) is 11.5. The number of hydrogen-bond donors (Lipinski definition) is 1. The molecule has 5 rings (SSSR count). The van der Waals surface area contributed by atoms with Crippen molar-refractivity contribution < 1.29 is 5.11 Å². The summed E-state index contributed by atoms with van der Waals surface area (Å²) in [6, 6.07) is 35.8. The minimum Gasteiger partial charge on any atom is -0.508 e. The summed E-state index contributed by atoms with van der Waals surface area (Å²) in [6.07, 6.45) is 3.87. The maximum atomic E-state index is 10.6. The fourth-order valence-electron chi connectivity index (χ4n) is 6.34. The zero-order chi connectivity index (χ0) is 25.9. The molecule has 0 bridgehead atoms. The molecule has 4 atom stereocenters.